The molecule has 7 nitrogen and oxygen atoms in total. The van der Waals surface area contributed by atoms with Crippen molar-refractivity contribution in [2.75, 3.05) is 11.4 Å². The lowest BCUT2D eigenvalue weighted by Crippen LogP contribution is -2.21. The normalized spacial score (nSPS) is 10.9. The van der Waals surface area contributed by atoms with E-state index in [0.29, 0.717) is 23.7 Å². The molecule has 0 bridgehead atoms. The predicted octanol–water partition coefficient (Wildman–Crippen LogP) is 2.56. The zero-order valence-corrected chi connectivity index (χ0v) is 13.7. The van der Waals surface area contributed by atoms with E-state index in [1.807, 2.05) is 55.2 Å². The van der Waals surface area contributed by atoms with Crippen LogP contribution < -0.4 is 16.2 Å². The number of benzene rings is 1. The first-order valence-electron chi connectivity index (χ1n) is 8.18. The second kappa shape index (κ2) is 9.16. The van der Waals surface area contributed by atoms with Crippen LogP contribution in [0.4, 0.5) is 11.6 Å². The molecule has 0 aliphatic carbocycles. The van der Waals surface area contributed by atoms with E-state index in [-0.39, 0.29) is 6.17 Å². The minimum absolute atomic E-state index is 0.0700. The smallest absolute Gasteiger partial charge is 0.232 e. The van der Waals surface area contributed by atoms with Gasteiger partial charge in [-0.15, -0.1) is 0 Å². The van der Waals surface area contributed by atoms with Gasteiger partial charge >= 0.3 is 0 Å². The summed E-state index contributed by atoms with van der Waals surface area (Å²) in [6.07, 6.45) is 6.54. The van der Waals surface area contributed by atoms with Gasteiger partial charge in [-0.1, -0.05) is 32.0 Å². The molecule has 0 spiro atoms. The highest BCUT2D eigenvalue weighted by Gasteiger charge is 2.12. The van der Waals surface area contributed by atoms with Crippen LogP contribution >= 0.6 is 0 Å². The van der Waals surface area contributed by atoms with Crippen molar-refractivity contribution in [2.24, 2.45) is 5.84 Å². The maximum Gasteiger partial charge on any atom is 0.232 e. The largest absolute Gasteiger partial charge is 0.332 e. The average molecular weight is 324 g/mol. The Bertz CT molecular complexity index is 824. The van der Waals surface area contributed by atoms with Crippen LogP contribution in [0.2, 0.25) is 0 Å². The fourth-order valence-electron chi connectivity index (χ4n) is 1.99. The third kappa shape index (κ3) is 4.23. The molecule has 0 saturated carbocycles. The Kier molecular flexibility index (Phi) is 6.04. The van der Waals surface area contributed by atoms with Gasteiger partial charge in [-0.05, 0) is 18.2 Å². The second-order valence-corrected chi connectivity index (χ2v) is 4.39. The summed E-state index contributed by atoms with van der Waals surface area (Å²) in [5, 5.41) is 0. The number of hydrogen-bond acceptors (Lipinski definition) is 7. The molecule has 0 saturated heterocycles. The van der Waals surface area contributed by atoms with Crippen LogP contribution in [-0.4, -0.2) is 26.5 Å². The van der Waals surface area contributed by atoms with Crippen LogP contribution in [-0.2, 0) is 0 Å². The second-order valence-electron chi connectivity index (χ2n) is 4.39. The predicted molar refractivity (Wildman–Crippen MR) is 96.4 cm³/mol. The third-order valence-electron chi connectivity index (χ3n) is 2.98. The zero-order valence-electron chi connectivity index (χ0n) is 14.7. The Labute approximate surface area is 142 Å². The van der Waals surface area contributed by atoms with Crippen molar-refractivity contribution in [3.05, 3.63) is 61.2 Å². The summed E-state index contributed by atoms with van der Waals surface area (Å²) in [6.45, 7) is 4.52. The topological polar surface area (TPSA) is 92.9 Å². The first kappa shape index (κ1) is 15.8. The molecular weight excluding hydrogens is 302 g/mol. The quantitative estimate of drug-likeness (QED) is 0.550. The highest BCUT2D eigenvalue weighted by molar-refractivity contribution is 5.70. The highest BCUT2D eigenvalue weighted by Crippen LogP contribution is 2.22. The molecule has 0 atom stereocenters. The lowest BCUT2D eigenvalue weighted by Gasteiger charge is -2.21. The number of nitrogens with one attached hydrogen (secondary N) is 1. The molecule has 0 fully saturated rings. The molecule has 124 valence electrons. The van der Waals surface area contributed by atoms with Gasteiger partial charge in [-0.3, -0.25) is 5.84 Å². The van der Waals surface area contributed by atoms with E-state index in [2.05, 4.69) is 25.4 Å². The maximum absolute atomic E-state index is 7.57. The highest BCUT2D eigenvalue weighted by atomic mass is 15.3. The standard InChI is InChI=1S/C15H15N7.C2H6/c16-20-7-4-10-22(12-5-2-1-3-6-12)15-19-11-13-14(21-15)18-9-8-17-13;1-2/h1-9,11,20H,10,16H2;1-2H3/i9D;. The van der Waals surface area contributed by atoms with E-state index in [0.717, 1.165) is 5.69 Å². The summed E-state index contributed by atoms with van der Waals surface area (Å²) in [5.41, 5.74) is 4.35. The van der Waals surface area contributed by atoms with Crippen LogP contribution in [0.5, 0.6) is 0 Å². The molecule has 0 amide bonds. The van der Waals surface area contributed by atoms with Crippen molar-refractivity contribution in [3.63, 3.8) is 0 Å². The van der Waals surface area contributed by atoms with E-state index < -0.39 is 0 Å². The molecule has 3 N–H and O–H groups in total. The molecule has 3 aromatic rings. The van der Waals surface area contributed by atoms with Gasteiger partial charge in [0, 0.05) is 30.8 Å². The van der Waals surface area contributed by atoms with Crippen molar-refractivity contribution < 1.29 is 1.37 Å². The summed E-state index contributed by atoms with van der Waals surface area (Å²) >= 11 is 0. The minimum Gasteiger partial charge on any atom is -0.332 e. The van der Waals surface area contributed by atoms with E-state index in [1.165, 1.54) is 6.20 Å². The van der Waals surface area contributed by atoms with Crippen molar-refractivity contribution in [2.45, 2.75) is 13.8 Å². The zero-order chi connectivity index (χ0) is 18.1. The summed E-state index contributed by atoms with van der Waals surface area (Å²) in [4.78, 5) is 18.9. The van der Waals surface area contributed by atoms with Gasteiger partial charge in [-0.2, -0.15) is 4.98 Å². The summed E-state index contributed by atoms with van der Waals surface area (Å²) in [7, 11) is 0. The molecule has 0 radical (unpaired) electrons. The fourth-order valence-corrected chi connectivity index (χ4v) is 1.99. The molecule has 1 aromatic carbocycles. The van der Waals surface area contributed by atoms with E-state index in [9.17, 15) is 0 Å². The number of para-hydroxylation sites is 1. The van der Waals surface area contributed by atoms with Gasteiger partial charge in [-0.25, -0.2) is 15.0 Å². The Morgan fingerprint density at radius 1 is 1.21 bits per heavy atom. The molecule has 2 aromatic heterocycles. The molecule has 24 heavy (non-hydrogen) atoms. The van der Waals surface area contributed by atoms with Crippen molar-refractivity contribution in [1.82, 2.24) is 25.4 Å². The van der Waals surface area contributed by atoms with E-state index >= 15 is 0 Å². The molecule has 3 rings (SSSR count). The van der Waals surface area contributed by atoms with Gasteiger partial charge in [0.2, 0.25) is 5.95 Å². The number of nitrogens with zero attached hydrogens (tertiary/aromatic N) is 5. The molecule has 7 heteroatoms. The maximum atomic E-state index is 7.57. The van der Waals surface area contributed by atoms with Crippen molar-refractivity contribution in [3.8, 4) is 0 Å². The van der Waals surface area contributed by atoms with Crippen LogP contribution in [0.25, 0.3) is 11.2 Å². The monoisotopic (exact) mass is 324 g/mol. The molecule has 2 heterocycles. The van der Waals surface area contributed by atoms with E-state index in [1.54, 1.807) is 12.4 Å². The Balaban J connectivity index is 0.00000109. The van der Waals surface area contributed by atoms with Gasteiger partial charge < -0.3 is 10.3 Å². The Morgan fingerprint density at radius 3 is 2.75 bits per heavy atom. The van der Waals surface area contributed by atoms with Crippen LogP contribution in [0.1, 0.15) is 15.2 Å². The molecule has 0 unspecified atom stereocenters. The number of aromatic nitrogens is 4. The summed E-state index contributed by atoms with van der Waals surface area (Å²) in [6, 6.07) is 9.75. The number of rotatable bonds is 5. The average Bonchev–Trinajstić information content (AvgIpc) is 2.67. The van der Waals surface area contributed by atoms with Gasteiger partial charge in [0.25, 0.3) is 0 Å². The molecule has 0 aliphatic rings. The first-order valence-corrected chi connectivity index (χ1v) is 7.68. The van der Waals surface area contributed by atoms with Crippen LogP contribution in [0, 0.1) is 0 Å². The minimum atomic E-state index is 0.0700. The number of anilines is 2. The number of hydrazine groups is 1. The van der Waals surface area contributed by atoms with Gasteiger partial charge in [0.1, 0.15) is 5.52 Å². The van der Waals surface area contributed by atoms with E-state index in [4.69, 9.17) is 7.21 Å². The SMILES string of the molecule is CC.[2H]c1cnc2cnc(N(CC=CNN)c3ccccc3)nc2n1. The summed E-state index contributed by atoms with van der Waals surface area (Å²) in [5.74, 6) is 5.73. The Hall–Kier alpha value is -3.06. The summed E-state index contributed by atoms with van der Waals surface area (Å²) < 4.78 is 7.57. The molecule has 0 aliphatic heterocycles. The van der Waals surface area contributed by atoms with Crippen LogP contribution in [0.15, 0.2) is 61.2 Å². The van der Waals surface area contributed by atoms with Gasteiger partial charge in [0.15, 0.2) is 5.65 Å². The van der Waals surface area contributed by atoms with Crippen molar-refractivity contribution >= 4 is 22.8 Å². The lowest BCUT2D eigenvalue weighted by atomic mass is 10.3. The number of nitrogens with two attached hydrogens (primary N) is 1. The Morgan fingerprint density at radius 2 is 2.00 bits per heavy atom. The van der Waals surface area contributed by atoms with Crippen molar-refractivity contribution in [1.29, 1.82) is 0 Å². The molecular formula is C17H21N7. The fraction of sp³-hybridized carbons (Fsp3) is 0.176. The third-order valence-corrected chi connectivity index (χ3v) is 2.98. The first-order chi connectivity index (χ1) is 12.3. The number of hydrogen-bond donors (Lipinski definition) is 2. The number of fused-ring (bicyclic) bond motifs is 1. The van der Waals surface area contributed by atoms with Crippen LogP contribution in [0.3, 0.4) is 0 Å². The lowest BCUT2D eigenvalue weighted by molar-refractivity contribution is 0.943. The van der Waals surface area contributed by atoms with Gasteiger partial charge in [0.05, 0.1) is 7.57 Å².